The van der Waals surface area contributed by atoms with Crippen molar-refractivity contribution in [3.05, 3.63) is 119 Å². The maximum Gasteiger partial charge on any atom is 0.335 e. The van der Waals surface area contributed by atoms with Gasteiger partial charge in [0.2, 0.25) is 0 Å². The number of methoxy groups -OCH3 is 1. The molecule has 0 radical (unpaired) electrons. The zero-order valence-electron chi connectivity index (χ0n) is 33.5. The number of fused-ring (bicyclic) bond motifs is 1. The molecule has 0 fully saturated rings. The van der Waals surface area contributed by atoms with E-state index < -0.39 is 42.4 Å². The number of benzene rings is 6. The van der Waals surface area contributed by atoms with Crippen molar-refractivity contribution in [1.29, 1.82) is 0 Å². The number of hydrogen-bond acceptors (Lipinski definition) is 15. The van der Waals surface area contributed by atoms with Gasteiger partial charge in [0.1, 0.15) is 33.5 Å². The van der Waals surface area contributed by atoms with Gasteiger partial charge in [-0.2, -0.15) is 32.2 Å². The van der Waals surface area contributed by atoms with Crippen LogP contribution in [-0.2, 0) is 20.2 Å². The molecule has 320 valence electrons. The molecule has 0 saturated heterocycles. The highest BCUT2D eigenvalue weighted by Crippen LogP contribution is 2.40. The second kappa shape index (κ2) is 18.6. The SMILES string of the molecule is COc1ccc(Nc2ccc3c(O)c(N=Nc4cc(C)c(N=Nc5cc(C)c(N=Nc6ccc(C(=O)O)cc6S(=O)(=O)O)cc5OCCCS(=O)(=O)O)cc4C)ccc3c2)cc1. The van der Waals surface area contributed by atoms with Gasteiger partial charge >= 0.3 is 5.97 Å². The lowest BCUT2D eigenvalue weighted by Crippen LogP contribution is -2.08. The first-order chi connectivity index (χ1) is 29.4. The number of aromatic hydroxyl groups is 1. The van der Waals surface area contributed by atoms with Gasteiger partial charge in [-0.25, -0.2) is 4.79 Å². The molecular formula is C42H39N7O11S2. The van der Waals surface area contributed by atoms with Crippen molar-refractivity contribution in [2.45, 2.75) is 32.1 Å². The lowest BCUT2D eigenvalue weighted by molar-refractivity contribution is 0.0696. The van der Waals surface area contributed by atoms with Gasteiger partial charge in [-0.05, 0) is 134 Å². The molecule has 62 heavy (non-hydrogen) atoms. The van der Waals surface area contributed by atoms with E-state index in [4.69, 9.17) is 14.0 Å². The van der Waals surface area contributed by atoms with E-state index in [2.05, 4.69) is 36.0 Å². The molecule has 6 rings (SSSR count). The summed E-state index contributed by atoms with van der Waals surface area (Å²) in [5, 5.41) is 50.7. The van der Waals surface area contributed by atoms with Gasteiger partial charge in [-0.1, -0.05) is 6.07 Å². The van der Waals surface area contributed by atoms with Crippen LogP contribution in [0.1, 0.15) is 33.5 Å². The highest BCUT2D eigenvalue weighted by atomic mass is 32.2. The molecule has 18 nitrogen and oxygen atoms in total. The minimum Gasteiger partial charge on any atom is -0.505 e. The fourth-order valence-electron chi connectivity index (χ4n) is 5.95. The van der Waals surface area contributed by atoms with Crippen LogP contribution in [0.3, 0.4) is 0 Å². The van der Waals surface area contributed by atoms with Crippen LogP contribution in [0.5, 0.6) is 17.2 Å². The maximum atomic E-state index is 12.0. The second-order valence-electron chi connectivity index (χ2n) is 13.8. The number of ether oxygens (including phenoxy) is 2. The van der Waals surface area contributed by atoms with E-state index in [0.717, 1.165) is 40.7 Å². The third-order valence-corrected chi connectivity index (χ3v) is 10.9. The summed E-state index contributed by atoms with van der Waals surface area (Å²) in [6, 6.07) is 26.0. The van der Waals surface area contributed by atoms with Gasteiger partial charge in [0.05, 0.1) is 42.1 Å². The van der Waals surface area contributed by atoms with Gasteiger partial charge in [0.15, 0.2) is 5.75 Å². The van der Waals surface area contributed by atoms with Crippen molar-refractivity contribution in [2.75, 3.05) is 24.8 Å². The standard InChI is InChI=1S/C42H39N7O11S2/c1-24-19-36(25(2)18-35(24)46-45-34-15-6-27-21-30(10-13-32(27)41(34)50)43-29-8-11-31(59-4)12-9-29)47-49-38-20-26(3)37(23-39(38)60-16-5-17-61(53,54)55)48-44-33-14-7-28(42(51)52)22-40(33)62(56,57)58/h6-15,18-23,43,50H,5,16-17H2,1-4H3,(H,51,52)(H,53,54,55)(H,56,57,58). The smallest absolute Gasteiger partial charge is 0.335 e. The van der Waals surface area contributed by atoms with Crippen LogP contribution in [0.2, 0.25) is 0 Å². The lowest BCUT2D eigenvalue weighted by atomic mass is 10.1. The van der Waals surface area contributed by atoms with E-state index in [9.17, 15) is 36.4 Å². The molecule has 0 bridgehead atoms. The van der Waals surface area contributed by atoms with E-state index in [1.165, 1.54) is 6.07 Å². The number of phenols is 1. The molecule has 0 aromatic heterocycles. The fourth-order valence-corrected chi connectivity index (χ4v) is 7.08. The molecule has 0 aliphatic carbocycles. The van der Waals surface area contributed by atoms with Crippen molar-refractivity contribution in [2.24, 2.45) is 30.7 Å². The van der Waals surface area contributed by atoms with Crippen LogP contribution >= 0.6 is 0 Å². The van der Waals surface area contributed by atoms with Crippen molar-refractivity contribution in [3.8, 4) is 17.2 Å². The van der Waals surface area contributed by atoms with Gasteiger partial charge in [-0.15, -0.1) is 15.3 Å². The number of hydrogen-bond donors (Lipinski definition) is 5. The summed E-state index contributed by atoms with van der Waals surface area (Å²) in [7, 11) is -7.55. The van der Waals surface area contributed by atoms with E-state index >= 15 is 0 Å². The average molecular weight is 882 g/mol. The molecule has 5 N–H and O–H groups in total. The average Bonchev–Trinajstić information content (AvgIpc) is 3.22. The molecule has 0 unspecified atom stereocenters. The Morgan fingerprint density at radius 2 is 1.19 bits per heavy atom. The van der Waals surface area contributed by atoms with Crippen LogP contribution in [0, 0.1) is 20.8 Å². The largest absolute Gasteiger partial charge is 0.505 e. The number of carbonyl (C=O) groups is 1. The maximum absolute atomic E-state index is 12.0. The molecular weight excluding hydrogens is 843 g/mol. The summed E-state index contributed by atoms with van der Waals surface area (Å²) in [4.78, 5) is 10.6. The number of carboxylic acids is 1. The highest BCUT2D eigenvalue weighted by Gasteiger charge is 2.19. The molecule has 0 aliphatic rings. The highest BCUT2D eigenvalue weighted by molar-refractivity contribution is 7.86. The predicted octanol–water partition coefficient (Wildman–Crippen LogP) is 11.1. The number of azo groups is 3. The Morgan fingerprint density at radius 3 is 1.79 bits per heavy atom. The number of nitrogens with zero attached hydrogens (tertiary/aromatic N) is 6. The molecule has 0 saturated carbocycles. The molecule has 0 spiro atoms. The van der Waals surface area contributed by atoms with Gasteiger partial charge in [0, 0.05) is 22.8 Å². The topological polar surface area (TPSA) is 271 Å². The quantitative estimate of drug-likeness (QED) is 0.0345. The van der Waals surface area contributed by atoms with Crippen LogP contribution in [0.25, 0.3) is 10.8 Å². The first-order valence-corrected chi connectivity index (χ1v) is 21.5. The Labute approximate surface area is 355 Å². The lowest BCUT2D eigenvalue weighted by Gasteiger charge is -2.11. The molecule has 0 amide bonds. The van der Waals surface area contributed by atoms with Crippen LogP contribution in [-0.4, -0.2) is 61.6 Å². The van der Waals surface area contributed by atoms with Crippen LogP contribution < -0.4 is 14.8 Å². The zero-order valence-corrected chi connectivity index (χ0v) is 35.1. The summed E-state index contributed by atoms with van der Waals surface area (Å²) >= 11 is 0. The fraction of sp³-hybridized carbons (Fsp3) is 0.167. The van der Waals surface area contributed by atoms with Crippen molar-refractivity contribution >= 4 is 82.5 Å². The third kappa shape index (κ3) is 11.2. The Balaban J connectivity index is 1.24. The predicted molar refractivity (Wildman–Crippen MR) is 231 cm³/mol. The van der Waals surface area contributed by atoms with Crippen LogP contribution in [0.4, 0.5) is 45.5 Å². The van der Waals surface area contributed by atoms with E-state index in [1.54, 1.807) is 58.2 Å². The van der Waals surface area contributed by atoms with E-state index in [0.29, 0.717) is 33.5 Å². The number of aryl methyl sites for hydroxylation is 3. The molecule has 6 aromatic carbocycles. The summed E-state index contributed by atoms with van der Waals surface area (Å²) in [5.74, 6) is -1.19. The number of phenolic OH excluding ortho intramolecular Hbond substituents is 1. The van der Waals surface area contributed by atoms with Gasteiger partial charge in [-0.3, -0.25) is 9.11 Å². The Bertz CT molecular complexity index is 3010. The first-order valence-electron chi connectivity index (χ1n) is 18.5. The van der Waals surface area contributed by atoms with Gasteiger partial charge in [0.25, 0.3) is 20.2 Å². The molecule has 20 heteroatoms. The minimum atomic E-state index is -4.89. The molecule has 6 aromatic rings. The van der Waals surface area contributed by atoms with Crippen LogP contribution in [0.15, 0.2) is 133 Å². The third-order valence-electron chi connectivity index (χ3n) is 9.23. The van der Waals surface area contributed by atoms with E-state index in [-0.39, 0.29) is 47.3 Å². The molecule has 0 heterocycles. The van der Waals surface area contributed by atoms with Crippen molar-refractivity contribution in [1.82, 2.24) is 0 Å². The summed E-state index contributed by atoms with van der Waals surface area (Å²) in [6.07, 6.45) is -0.0805. The first kappa shape index (κ1) is 44.4. The summed E-state index contributed by atoms with van der Waals surface area (Å²) in [6.45, 7) is 5.08. The number of nitrogens with one attached hydrogen (secondary N) is 1. The number of aromatic carboxylic acids is 1. The second-order valence-corrected chi connectivity index (χ2v) is 16.8. The molecule has 0 atom stereocenters. The number of carboxylic acid groups (broad SMARTS) is 1. The number of rotatable bonds is 16. The Kier molecular flexibility index (Phi) is 13.4. The van der Waals surface area contributed by atoms with E-state index in [1.807, 2.05) is 42.5 Å². The van der Waals surface area contributed by atoms with Crippen molar-refractivity contribution < 1.29 is 50.4 Å². The normalized spacial score (nSPS) is 12.2. The van der Waals surface area contributed by atoms with Crippen molar-refractivity contribution in [3.63, 3.8) is 0 Å². The number of anilines is 2. The minimum absolute atomic E-state index is 0.0296. The monoisotopic (exact) mass is 881 g/mol. The Hall–Kier alpha value is -7.13. The Morgan fingerprint density at radius 1 is 0.645 bits per heavy atom. The zero-order chi connectivity index (χ0) is 44.8. The summed E-state index contributed by atoms with van der Waals surface area (Å²) in [5.41, 5.74) is 4.41. The summed E-state index contributed by atoms with van der Waals surface area (Å²) < 4.78 is 76.5. The molecule has 0 aliphatic heterocycles. The van der Waals surface area contributed by atoms with Gasteiger partial charge < -0.3 is 25.0 Å².